The van der Waals surface area contributed by atoms with Gasteiger partial charge in [0.25, 0.3) is 0 Å². The first-order valence-electron chi connectivity index (χ1n) is 9.77. The number of aromatic nitrogens is 2. The van der Waals surface area contributed by atoms with Crippen molar-refractivity contribution in [2.45, 2.75) is 32.0 Å². The highest BCUT2D eigenvalue weighted by molar-refractivity contribution is 5.75. The summed E-state index contributed by atoms with van der Waals surface area (Å²) in [6.07, 6.45) is 3.73. The summed E-state index contributed by atoms with van der Waals surface area (Å²) >= 11 is 0. The van der Waals surface area contributed by atoms with Crippen molar-refractivity contribution < 1.29 is 9.53 Å². The number of nitrogens with zero attached hydrogens (tertiary/aromatic N) is 3. The van der Waals surface area contributed by atoms with Crippen molar-refractivity contribution in [2.75, 3.05) is 6.54 Å². The molecule has 0 radical (unpaired) electrons. The molecule has 0 fully saturated rings. The number of rotatable bonds is 3. The number of aryl methyl sites for hydroxylation is 1. The van der Waals surface area contributed by atoms with Gasteiger partial charge in [0.05, 0.1) is 25.3 Å². The molecule has 6 nitrogen and oxygen atoms in total. The van der Waals surface area contributed by atoms with E-state index < -0.39 is 5.60 Å². The number of para-hydroxylation sites is 1. The SMILES string of the molecule is Cn1cc(C(NC(=O)N2Cc3ccccc3OC(C)(C)C2)c2ccccc2)cn1. The average molecular weight is 390 g/mol. The molecule has 0 spiro atoms. The first-order chi connectivity index (χ1) is 13.9. The number of urea groups is 1. The van der Waals surface area contributed by atoms with E-state index in [0.717, 1.165) is 22.4 Å². The van der Waals surface area contributed by atoms with E-state index in [1.165, 1.54) is 0 Å². The molecular formula is C23H26N4O2. The zero-order valence-electron chi connectivity index (χ0n) is 17.0. The Bertz CT molecular complexity index is 997. The summed E-state index contributed by atoms with van der Waals surface area (Å²) in [7, 11) is 1.87. The number of ether oxygens (including phenoxy) is 1. The molecule has 2 aromatic carbocycles. The van der Waals surface area contributed by atoms with E-state index >= 15 is 0 Å². The number of nitrogens with one attached hydrogen (secondary N) is 1. The van der Waals surface area contributed by atoms with Gasteiger partial charge in [0, 0.05) is 24.4 Å². The van der Waals surface area contributed by atoms with Crippen LogP contribution in [0, 0.1) is 0 Å². The van der Waals surface area contributed by atoms with E-state index in [2.05, 4.69) is 10.4 Å². The molecule has 150 valence electrons. The minimum atomic E-state index is -0.486. The van der Waals surface area contributed by atoms with Crippen LogP contribution >= 0.6 is 0 Å². The number of hydrogen-bond donors (Lipinski definition) is 1. The molecule has 0 aliphatic carbocycles. The predicted molar refractivity (Wildman–Crippen MR) is 112 cm³/mol. The Kier molecular flexibility index (Phi) is 5.01. The van der Waals surface area contributed by atoms with E-state index in [-0.39, 0.29) is 12.1 Å². The second kappa shape index (κ2) is 7.62. The fourth-order valence-electron chi connectivity index (χ4n) is 3.74. The molecule has 6 heteroatoms. The predicted octanol–water partition coefficient (Wildman–Crippen LogP) is 3.89. The molecule has 0 bridgehead atoms. The van der Waals surface area contributed by atoms with Gasteiger partial charge >= 0.3 is 6.03 Å². The molecule has 1 atom stereocenters. The summed E-state index contributed by atoms with van der Waals surface area (Å²) in [6.45, 7) is 5.00. The lowest BCUT2D eigenvalue weighted by Crippen LogP contribution is -2.48. The normalized spacial score (nSPS) is 16.3. The average Bonchev–Trinajstić information content (AvgIpc) is 3.06. The highest BCUT2D eigenvalue weighted by Gasteiger charge is 2.32. The third-order valence-corrected chi connectivity index (χ3v) is 5.04. The summed E-state index contributed by atoms with van der Waals surface area (Å²) < 4.78 is 7.91. The van der Waals surface area contributed by atoms with E-state index in [1.807, 2.05) is 86.6 Å². The molecule has 4 rings (SSSR count). The van der Waals surface area contributed by atoms with E-state index in [0.29, 0.717) is 13.1 Å². The second-order valence-corrected chi connectivity index (χ2v) is 8.07. The van der Waals surface area contributed by atoms with Gasteiger partial charge in [-0.15, -0.1) is 0 Å². The van der Waals surface area contributed by atoms with Crippen molar-refractivity contribution in [3.8, 4) is 5.75 Å². The monoisotopic (exact) mass is 390 g/mol. The van der Waals surface area contributed by atoms with Crippen LogP contribution in [0.1, 0.15) is 36.6 Å². The maximum atomic E-state index is 13.3. The van der Waals surface area contributed by atoms with Gasteiger partial charge in [0.15, 0.2) is 0 Å². The summed E-state index contributed by atoms with van der Waals surface area (Å²) in [5.41, 5.74) is 2.48. The summed E-state index contributed by atoms with van der Waals surface area (Å²) in [5, 5.41) is 7.49. The van der Waals surface area contributed by atoms with Crippen molar-refractivity contribution >= 4 is 6.03 Å². The minimum absolute atomic E-state index is 0.129. The zero-order chi connectivity index (χ0) is 20.4. The van der Waals surface area contributed by atoms with Crippen molar-refractivity contribution in [1.82, 2.24) is 20.0 Å². The van der Waals surface area contributed by atoms with Crippen LogP contribution in [0.4, 0.5) is 4.79 Å². The topological polar surface area (TPSA) is 59.4 Å². The minimum Gasteiger partial charge on any atom is -0.486 e. The van der Waals surface area contributed by atoms with Crippen LogP contribution in [0.25, 0.3) is 0 Å². The Labute approximate surface area is 171 Å². The molecule has 1 aromatic heterocycles. The summed E-state index contributed by atoms with van der Waals surface area (Å²) in [4.78, 5) is 15.2. The molecule has 2 heterocycles. The lowest BCUT2D eigenvalue weighted by Gasteiger charge is -2.31. The van der Waals surface area contributed by atoms with E-state index in [1.54, 1.807) is 10.9 Å². The van der Waals surface area contributed by atoms with Crippen LogP contribution in [0.15, 0.2) is 67.0 Å². The quantitative estimate of drug-likeness (QED) is 0.738. The van der Waals surface area contributed by atoms with Crippen molar-refractivity contribution in [2.24, 2.45) is 7.05 Å². The molecule has 0 saturated heterocycles. The molecular weight excluding hydrogens is 364 g/mol. The van der Waals surface area contributed by atoms with E-state index in [9.17, 15) is 4.79 Å². The van der Waals surface area contributed by atoms with Crippen LogP contribution in [-0.4, -0.2) is 32.9 Å². The Morgan fingerprint density at radius 3 is 2.55 bits per heavy atom. The molecule has 0 saturated carbocycles. The van der Waals surface area contributed by atoms with Crippen LogP contribution in [0.3, 0.4) is 0 Å². The van der Waals surface area contributed by atoms with Crippen LogP contribution in [0.5, 0.6) is 5.75 Å². The molecule has 1 N–H and O–H groups in total. The molecule has 1 unspecified atom stereocenters. The first-order valence-corrected chi connectivity index (χ1v) is 9.77. The number of amides is 2. The smallest absolute Gasteiger partial charge is 0.318 e. The highest BCUT2D eigenvalue weighted by atomic mass is 16.5. The summed E-state index contributed by atoms with van der Waals surface area (Å²) in [6, 6.07) is 17.4. The Morgan fingerprint density at radius 2 is 1.83 bits per heavy atom. The van der Waals surface area contributed by atoms with Crippen molar-refractivity contribution in [3.05, 3.63) is 83.7 Å². The lowest BCUT2D eigenvalue weighted by atomic mass is 10.0. The number of carbonyl (C=O) groups excluding carboxylic acids is 1. The van der Waals surface area contributed by atoms with Gasteiger partial charge in [0.2, 0.25) is 0 Å². The molecule has 1 aliphatic rings. The Balaban J connectivity index is 1.62. The van der Waals surface area contributed by atoms with Gasteiger partial charge in [-0.1, -0.05) is 48.5 Å². The van der Waals surface area contributed by atoms with Gasteiger partial charge < -0.3 is 15.0 Å². The standard InChI is InChI=1S/C23H26N4O2/c1-23(2)16-27(15-18-11-7-8-12-20(18)29-23)22(28)25-21(17-9-5-4-6-10-17)19-13-24-26(3)14-19/h4-14,21H,15-16H2,1-3H3,(H,25,28). The fourth-order valence-corrected chi connectivity index (χ4v) is 3.74. The van der Waals surface area contributed by atoms with Crippen LogP contribution < -0.4 is 10.1 Å². The van der Waals surface area contributed by atoms with Crippen molar-refractivity contribution in [1.29, 1.82) is 0 Å². The second-order valence-electron chi connectivity index (χ2n) is 8.07. The van der Waals surface area contributed by atoms with Gasteiger partial charge in [-0.2, -0.15) is 5.10 Å². The lowest BCUT2D eigenvalue weighted by molar-refractivity contribution is 0.0803. The summed E-state index contributed by atoms with van der Waals surface area (Å²) in [5.74, 6) is 0.833. The number of benzene rings is 2. The largest absolute Gasteiger partial charge is 0.486 e. The first kappa shape index (κ1) is 19.1. The fraction of sp³-hybridized carbons (Fsp3) is 0.304. The van der Waals surface area contributed by atoms with Crippen LogP contribution in [0.2, 0.25) is 0 Å². The maximum Gasteiger partial charge on any atom is 0.318 e. The highest BCUT2D eigenvalue weighted by Crippen LogP contribution is 2.30. The number of fused-ring (bicyclic) bond motifs is 1. The molecule has 2 amide bonds. The molecule has 1 aliphatic heterocycles. The van der Waals surface area contributed by atoms with Gasteiger partial charge in [-0.05, 0) is 25.5 Å². The Morgan fingerprint density at radius 1 is 1.10 bits per heavy atom. The van der Waals surface area contributed by atoms with Gasteiger partial charge in [-0.3, -0.25) is 4.68 Å². The third kappa shape index (κ3) is 4.26. The number of hydrogen-bond acceptors (Lipinski definition) is 3. The number of carbonyl (C=O) groups is 1. The van der Waals surface area contributed by atoms with Crippen LogP contribution in [-0.2, 0) is 13.6 Å². The van der Waals surface area contributed by atoms with Crippen molar-refractivity contribution in [3.63, 3.8) is 0 Å². The van der Waals surface area contributed by atoms with Gasteiger partial charge in [0.1, 0.15) is 11.4 Å². The molecule has 3 aromatic rings. The Hall–Kier alpha value is -3.28. The zero-order valence-corrected chi connectivity index (χ0v) is 17.0. The third-order valence-electron chi connectivity index (χ3n) is 5.04. The molecule has 29 heavy (non-hydrogen) atoms. The van der Waals surface area contributed by atoms with E-state index in [4.69, 9.17) is 4.74 Å². The van der Waals surface area contributed by atoms with Gasteiger partial charge in [-0.25, -0.2) is 4.79 Å². The maximum absolute atomic E-state index is 13.3.